The number of hydrogen-bond acceptors (Lipinski definition) is 4. The summed E-state index contributed by atoms with van der Waals surface area (Å²) in [5.41, 5.74) is 1.57. The summed E-state index contributed by atoms with van der Waals surface area (Å²) < 4.78 is 6.17. The van der Waals surface area contributed by atoms with Gasteiger partial charge in [0.15, 0.2) is 0 Å². The molecule has 11 atom stereocenters. The smallest absolute Gasteiger partial charge is 0.337 e. The topological polar surface area (TPSA) is 103 Å². The molecule has 0 spiro atoms. The average molecular weight is 552 g/mol. The molecule has 0 amide bonds. The minimum absolute atomic E-state index is 0.199. The number of carbonyl (C=O) groups is 1. The van der Waals surface area contributed by atoms with Gasteiger partial charge in [-0.1, -0.05) is 34.1 Å². The number of carboxylic acids is 1. The monoisotopic (exact) mass is 551 g/mol. The largest absolute Gasteiger partial charge is 0.494 e. The highest BCUT2D eigenvalue weighted by atomic mass is 16.5. The Morgan fingerprint density at radius 3 is 2.58 bits per heavy atom. The Balaban J connectivity index is 1.14. The maximum atomic E-state index is 11.9. The molecule has 0 aliphatic heterocycles. The zero-order valence-corrected chi connectivity index (χ0v) is 24.7. The number of aliphatic hydroxyl groups is 2. The van der Waals surface area contributed by atoms with Gasteiger partial charge < -0.3 is 25.0 Å². The van der Waals surface area contributed by atoms with E-state index in [0.29, 0.717) is 53.4 Å². The number of aromatic carboxylic acids is 1. The maximum Gasteiger partial charge on any atom is 0.337 e. The van der Waals surface area contributed by atoms with Crippen LogP contribution >= 0.6 is 0 Å². The Hall–Kier alpha value is -2.05. The highest BCUT2D eigenvalue weighted by molar-refractivity contribution is 6.03. The fourth-order valence-electron chi connectivity index (χ4n) is 10.9. The molecule has 40 heavy (non-hydrogen) atoms. The molecule has 0 unspecified atom stereocenters. The van der Waals surface area contributed by atoms with E-state index in [4.69, 9.17) is 4.74 Å². The fraction of sp³-hybridized carbons (Fsp3) is 0.735. The molecule has 0 saturated heterocycles. The Labute approximate surface area is 238 Å². The first-order valence-electron chi connectivity index (χ1n) is 15.9. The number of nitrogens with one attached hydrogen (secondary N) is 1. The van der Waals surface area contributed by atoms with Gasteiger partial charge in [0.2, 0.25) is 0 Å². The number of benzene rings is 1. The number of hydrogen-bond donors (Lipinski definition) is 4. The van der Waals surface area contributed by atoms with Gasteiger partial charge in [0.25, 0.3) is 0 Å². The second-order valence-corrected chi connectivity index (χ2v) is 14.5. The third-order valence-corrected chi connectivity index (χ3v) is 12.9. The van der Waals surface area contributed by atoms with Crippen molar-refractivity contribution in [2.45, 2.75) is 97.7 Å². The molecule has 0 radical (unpaired) electrons. The van der Waals surface area contributed by atoms with E-state index < -0.39 is 5.97 Å². The van der Waals surface area contributed by atoms with Crippen molar-refractivity contribution in [3.05, 3.63) is 30.0 Å². The Bertz CT molecular complexity index is 1240. The van der Waals surface area contributed by atoms with Crippen LogP contribution in [0.1, 0.15) is 95.8 Å². The van der Waals surface area contributed by atoms with Gasteiger partial charge in [-0.25, -0.2) is 4.79 Å². The number of ether oxygens (including phenoxy) is 1. The van der Waals surface area contributed by atoms with Crippen LogP contribution < -0.4 is 4.74 Å². The lowest BCUT2D eigenvalue weighted by atomic mass is 9.41. The van der Waals surface area contributed by atoms with Gasteiger partial charge in [0, 0.05) is 23.2 Å². The molecule has 4 fully saturated rings. The molecule has 2 aromatic rings. The molecule has 6 heteroatoms. The van der Waals surface area contributed by atoms with Crippen molar-refractivity contribution in [3.63, 3.8) is 0 Å². The van der Waals surface area contributed by atoms with E-state index in [1.807, 2.05) is 18.2 Å². The SMILES string of the molecule is CC[C@H]1[C@@H](O)[C@@H]2[C@H](CC[C@]3(C)[C@@H]([C@H](C)CCOc4ccc5c(C(=O)O)c[nH]c5c4)CC[C@@H]23)[C@@]2(C)CC[C@@H](O)C[C@@H]12. The summed E-state index contributed by atoms with van der Waals surface area (Å²) in [6.45, 7) is 10.3. The van der Waals surface area contributed by atoms with E-state index in [0.717, 1.165) is 43.4 Å². The Morgan fingerprint density at radius 1 is 1.07 bits per heavy atom. The summed E-state index contributed by atoms with van der Waals surface area (Å²) in [5, 5.41) is 32.5. The summed E-state index contributed by atoms with van der Waals surface area (Å²) in [7, 11) is 0. The zero-order valence-electron chi connectivity index (χ0n) is 24.7. The lowest BCUT2D eigenvalue weighted by molar-refractivity contribution is -0.203. The first-order chi connectivity index (χ1) is 19.1. The molecule has 6 rings (SSSR count). The third kappa shape index (κ3) is 4.31. The summed E-state index contributed by atoms with van der Waals surface area (Å²) in [5.74, 6) is 3.29. The van der Waals surface area contributed by atoms with Crippen LogP contribution in [0.4, 0.5) is 0 Å². The van der Waals surface area contributed by atoms with Crippen molar-refractivity contribution in [1.29, 1.82) is 0 Å². The van der Waals surface area contributed by atoms with Crippen molar-refractivity contribution in [3.8, 4) is 5.75 Å². The van der Waals surface area contributed by atoms with E-state index >= 15 is 0 Å². The number of aliphatic hydroxyl groups excluding tert-OH is 2. The van der Waals surface area contributed by atoms with Crippen LogP contribution in [-0.4, -0.2) is 45.1 Å². The van der Waals surface area contributed by atoms with Crippen LogP contribution in [0.5, 0.6) is 5.75 Å². The highest BCUT2D eigenvalue weighted by Gasteiger charge is 2.64. The van der Waals surface area contributed by atoms with Crippen LogP contribution in [0, 0.1) is 52.3 Å². The maximum absolute atomic E-state index is 11.9. The van der Waals surface area contributed by atoms with Crippen molar-refractivity contribution in [2.24, 2.45) is 52.3 Å². The molecule has 0 bridgehead atoms. The predicted molar refractivity (Wildman–Crippen MR) is 156 cm³/mol. The second kappa shape index (κ2) is 10.3. The quantitative estimate of drug-likeness (QED) is 0.300. The summed E-state index contributed by atoms with van der Waals surface area (Å²) in [6.07, 6.45) is 10.9. The van der Waals surface area contributed by atoms with E-state index in [9.17, 15) is 20.1 Å². The Kier molecular flexibility index (Phi) is 7.26. The molecular weight excluding hydrogens is 502 g/mol. The van der Waals surface area contributed by atoms with Crippen molar-refractivity contribution in [1.82, 2.24) is 4.98 Å². The Morgan fingerprint density at radius 2 is 1.82 bits per heavy atom. The van der Waals surface area contributed by atoms with Crippen molar-refractivity contribution < 1.29 is 24.9 Å². The molecule has 220 valence electrons. The molecule has 4 N–H and O–H groups in total. The van der Waals surface area contributed by atoms with Gasteiger partial charge in [-0.05, 0) is 116 Å². The van der Waals surface area contributed by atoms with Crippen molar-refractivity contribution >= 4 is 16.9 Å². The number of aromatic nitrogens is 1. The molecule has 4 aliphatic rings. The molecule has 4 saturated carbocycles. The number of carboxylic acid groups (broad SMARTS) is 1. The molecular formula is C34H49NO5. The molecule has 4 aliphatic carbocycles. The minimum Gasteiger partial charge on any atom is -0.494 e. The summed E-state index contributed by atoms with van der Waals surface area (Å²) >= 11 is 0. The number of aromatic amines is 1. The van der Waals surface area contributed by atoms with Crippen molar-refractivity contribution in [2.75, 3.05) is 6.61 Å². The average Bonchev–Trinajstić information content (AvgIpc) is 3.50. The predicted octanol–water partition coefficient (Wildman–Crippen LogP) is 6.90. The lowest BCUT2D eigenvalue weighted by Gasteiger charge is -2.64. The van der Waals surface area contributed by atoms with Gasteiger partial charge in [-0.15, -0.1) is 0 Å². The normalized spacial score (nSPS) is 41.6. The standard InChI is InChI=1S/C34H49NO5/c1-5-22-28-16-20(36)10-13-34(28,4)27-11-14-33(3)25(8-9-26(33)30(27)31(22)37)19(2)12-15-40-21-6-7-23-24(32(38)39)18-35-29(23)17-21/h6-7,17-20,22,25-28,30-31,35-37H,5,8-16H2,1-4H3,(H,38,39)/t19-,20-,22-,25-,26+,27+,28+,30+,31-,33-,34-/m1/s1. The first kappa shape index (κ1) is 28.1. The summed E-state index contributed by atoms with van der Waals surface area (Å²) in [4.78, 5) is 14.5. The third-order valence-electron chi connectivity index (χ3n) is 12.9. The zero-order chi connectivity index (χ0) is 28.4. The summed E-state index contributed by atoms with van der Waals surface area (Å²) in [6, 6.07) is 5.59. The van der Waals surface area contributed by atoms with Gasteiger partial charge in [0.05, 0.1) is 24.4 Å². The fourth-order valence-corrected chi connectivity index (χ4v) is 10.9. The minimum atomic E-state index is -0.927. The molecule has 1 heterocycles. The molecule has 6 nitrogen and oxygen atoms in total. The van der Waals surface area contributed by atoms with Crippen LogP contribution in [0.15, 0.2) is 24.4 Å². The van der Waals surface area contributed by atoms with Crippen LogP contribution in [0.2, 0.25) is 0 Å². The van der Waals surface area contributed by atoms with E-state index in [1.54, 1.807) is 0 Å². The van der Waals surface area contributed by atoms with Gasteiger partial charge >= 0.3 is 5.97 Å². The number of fused-ring (bicyclic) bond motifs is 6. The van der Waals surface area contributed by atoms with Gasteiger partial charge in [0.1, 0.15) is 5.75 Å². The van der Waals surface area contributed by atoms with Gasteiger partial charge in [-0.3, -0.25) is 0 Å². The highest BCUT2D eigenvalue weighted by Crippen LogP contribution is 2.69. The van der Waals surface area contributed by atoms with E-state index in [-0.39, 0.29) is 28.6 Å². The van der Waals surface area contributed by atoms with E-state index in [2.05, 4.69) is 32.7 Å². The molecule has 1 aromatic heterocycles. The first-order valence-corrected chi connectivity index (χ1v) is 15.9. The van der Waals surface area contributed by atoms with Crippen LogP contribution in [0.3, 0.4) is 0 Å². The van der Waals surface area contributed by atoms with Crippen LogP contribution in [0.25, 0.3) is 10.9 Å². The second-order valence-electron chi connectivity index (χ2n) is 14.5. The number of rotatable bonds is 7. The van der Waals surface area contributed by atoms with Crippen LogP contribution in [-0.2, 0) is 0 Å². The van der Waals surface area contributed by atoms with E-state index in [1.165, 1.54) is 31.9 Å². The lowest BCUT2D eigenvalue weighted by Crippen LogP contribution is -2.62. The van der Waals surface area contributed by atoms with Gasteiger partial charge in [-0.2, -0.15) is 0 Å². The number of H-pyrrole nitrogens is 1. The molecule has 1 aromatic carbocycles.